The van der Waals surface area contributed by atoms with Gasteiger partial charge in [0.1, 0.15) is 0 Å². The summed E-state index contributed by atoms with van der Waals surface area (Å²) in [4.78, 5) is 10.5. The molecule has 0 bridgehead atoms. The van der Waals surface area contributed by atoms with Gasteiger partial charge in [-0.25, -0.2) is 4.79 Å². The van der Waals surface area contributed by atoms with E-state index in [-0.39, 0.29) is 5.97 Å². The fraction of sp³-hybridized carbons (Fsp3) is 0.571. The summed E-state index contributed by atoms with van der Waals surface area (Å²) in [6.45, 7) is 5.79. The number of allylic oxidation sites excluding steroid dienone is 1. The Labute approximate surface area is 55.5 Å². The third kappa shape index (κ3) is 5.07. The molecule has 0 heterocycles. The van der Waals surface area contributed by atoms with Crippen molar-refractivity contribution in [3.05, 3.63) is 11.6 Å². The smallest absolute Gasteiger partial charge is 0.338 e. The Kier molecular flexibility index (Phi) is 3.76. The van der Waals surface area contributed by atoms with Gasteiger partial charge in [-0.3, -0.25) is 0 Å². The number of carbonyl (C=O) groups is 1. The van der Waals surface area contributed by atoms with Gasteiger partial charge in [-0.1, -0.05) is 5.57 Å². The number of carbonyl (C=O) groups excluding carboxylic acids is 1. The summed E-state index contributed by atoms with van der Waals surface area (Å²) in [7, 11) is 0. The van der Waals surface area contributed by atoms with Crippen molar-refractivity contribution in [3.8, 4) is 0 Å². The molecule has 0 N–H and O–H groups in total. The molecule has 0 rings (SSSR count). The van der Waals surface area contributed by atoms with Gasteiger partial charge in [-0.2, -0.15) is 0 Å². The van der Waals surface area contributed by atoms with Crippen LogP contribution < -0.4 is 0 Å². The van der Waals surface area contributed by atoms with Gasteiger partial charge in [0.2, 0.25) is 0 Å². The number of hydrogen-bond acceptors (Lipinski definition) is 2. The van der Waals surface area contributed by atoms with E-state index in [9.17, 15) is 4.79 Å². The number of rotatable bonds is 2. The molecule has 9 heavy (non-hydrogen) atoms. The van der Waals surface area contributed by atoms with E-state index in [1.165, 1.54) is 0 Å². The first kappa shape index (κ1) is 8.21. The van der Waals surface area contributed by atoms with Crippen LogP contribution in [0.5, 0.6) is 0 Å². The molecule has 0 unspecified atom stereocenters. The van der Waals surface area contributed by atoms with E-state index in [1.807, 2.05) is 0 Å². The average Bonchev–Trinajstić information content (AvgIpc) is 1.63. The van der Waals surface area contributed by atoms with Crippen LogP contribution >= 0.6 is 0 Å². The lowest BCUT2D eigenvalue weighted by Gasteiger charge is -1.93. The van der Waals surface area contributed by atoms with Crippen molar-refractivity contribution in [2.75, 3.05) is 6.61 Å². The molecule has 0 fully saturated rings. The molecule has 0 aliphatic carbocycles. The van der Waals surface area contributed by atoms with Crippen molar-refractivity contribution in [2.24, 2.45) is 0 Å². The van der Waals surface area contributed by atoms with E-state index in [4.69, 9.17) is 0 Å². The molecule has 51 valence electrons. The first-order valence-corrected chi connectivity index (χ1v) is 2.90. The number of hydrogen-bond donors (Lipinski definition) is 0. The Morgan fingerprint density at radius 1 is 1.56 bits per heavy atom. The van der Waals surface area contributed by atoms with Gasteiger partial charge < -0.3 is 4.74 Å². The first-order valence-electron chi connectivity index (χ1n) is 2.90. The zero-order valence-corrected chi connectivity index (χ0v) is 6.02. The summed E-state index contributed by atoms with van der Waals surface area (Å²) >= 11 is 0. The fourth-order valence-corrected chi connectivity index (χ4v) is 0.371. The molecule has 2 heteroatoms. The van der Waals surface area contributed by atoms with Crippen molar-refractivity contribution in [3.63, 3.8) is 0 Å². The summed E-state index contributed by atoms with van der Waals surface area (Å²) in [6.07, 6.45) is 2.50. The van der Waals surface area contributed by atoms with Crippen molar-refractivity contribution >= 4 is 5.97 Å². The minimum Gasteiger partial charge on any atom is -0.462 e. The van der Waals surface area contributed by atoms with E-state index >= 15 is 0 Å². The quantitative estimate of drug-likeness (QED) is 0.413. The Bertz CT molecular complexity index is 121. The standard InChI is InChI=1S/C7H11O2/c1-4-9-7(8)5-6(2)3/h4H2,1-3H3. The molecule has 0 spiro atoms. The van der Waals surface area contributed by atoms with Crippen molar-refractivity contribution in [2.45, 2.75) is 20.8 Å². The van der Waals surface area contributed by atoms with Gasteiger partial charge in [-0.15, -0.1) is 0 Å². The lowest BCUT2D eigenvalue weighted by molar-refractivity contribution is -0.138. The second-order valence-corrected chi connectivity index (χ2v) is 1.85. The van der Waals surface area contributed by atoms with Crippen LogP contribution in [0.15, 0.2) is 5.57 Å². The number of esters is 1. The lowest BCUT2D eigenvalue weighted by Crippen LogP contribution is -2.00. The minimum absolute atomic E-state index is 0.377. The predicted molar refractivity (Wildman–Crippen MR) is 34.7 cm³/mol. The Balaban J connectivity index is 3.63. The maximum absolute atomic E-state index is 10.5. The zero-order chi connectivity index (χ0) is 7.28. The van der Waals surface area contributed by atoms with Gasteiger partial charge >= 0.3 is 5.97 Å². The van der Waals surface area contributed by atoms with Gasteiger partial charge in [-0.05, 0) is 20.8 Å². The van der Waals surface area contributed by atoms with Crippen molar-refractivity contribution in [1.29, 1.82) is 0 Å². The van der Waals surface area contributed by atoms with Gasteiger partial charge in [0.05, 0.1) is 12.7 Å². The molecule has 0 aliphatic heterocycles. The third-order valence-corrected chi connectivity index (χ3v) is 0.627. The maximum Gasteiger partial charge on any atom is 0.338 e. The zero-order valence-electron chi connectivity index (χ0n) is 6.02. The van der Waals surface area contributed by atoms with Gasteiger partial charge in [0.25, 0.3) is 0 Å². The Morgan fingerprint density at radius 2 is 2.11 bits per heavy atom. The normalized spacial score (nSPS) is 8.33. The van der Waals surface area contributed by atoms with E-state index in [0.29, 0.717) is 6.61 Å². The summed E-state index contributed by atoms with van der Waals surface area (Å²) in [5.41, 5.74) is 0.841. The molecule has 0 saturated carbocycles. The van der Waals surface area contributed by atoms with Crippen LogP contribution in [0, 0.1) is 6.08 Å². The van der Waals surface area contributed by atoms with E-state index in [0.717, 1.165) is 5.57 Å². The largest absolute Gasteiger partial charge is 0.462 e. The number of ether oxygens (including phenoxy) is 1. The van der Waals surface area contributed by atoms with Gasteiger partial charge in [0.15, 0.2) is 0 Å². The molecule has 0 amide bonds. The van der Waals surface area contributed by atoms with Gasteiger partial charge in [0, 0.05) is 0 Å². The molecule has 0 aromatic rings. The second-order valence-electron chi connectivity index (χ2n) is 1.85. The van der Waals surface area contributed by atoms with Crippen LogP contribution in [-0.2, 0) is 9.53 Å². The molecule has 0 aromatic heterocycles. The summed E-state index contributed by atoms with van der Waals surface area (Å²) < 4.78 is 4.58. The van der Waals surface area contributed by atoms with Crippen LogP contribution in [-0.4, -0.2) is 12.6 Å². The highest BCUT2D eigenvalue weighted by Crippen LogP contribution is 1.88. The minimum atomic E-state index is -0.377. The fourth-order valence-electron chi connectivity index (χ4n) is 0.371. The summed E-state index contributed by atoms with van der Waals surface area (Å²) in [5.74, 6) is -0.377. The molecule has 0 saturated heterocycles. The van der Waals surface area contributed by atoms with Crippen molar-refractivity contribution < 1.29 is 9.53 Å². The summed E-state index contributed by atoms with van der Waals surface area (Å²) in [5, 5.41) is 0. The van der Waals surface area contributed by atoms with Crippen LogP contribution in [0.4, 0.5) is 0 Å². The molecule has 0 atom stereocenters. The van der Waals surface area contributed by atoms with Crippen LogP contribution in [0.25, 0.3) is 0 Å². The van der Waals surface area contributed by atoms with Crippen LogP contribution in [0.1, 0.15) is 20.8 Å². The molecule has 2 nitrogen and oxygen atoms in total. The topological polar surface area (TPSA) is 26.3 Å². The van der Waals surface area contributed by atoms with E-state index in [2.05, 4.69) is 10.8 Å². The lowest BCUT2D eigenvalue weighted by atomic mass is 10.3. The van der Waals surface area contributed by atoms with E-state index in [1.54, 1.807) is 20.8 Å². The summed E-state index contributed by atoms with van der Waals surface area (Å²) in [6, 6.07) is 0. The van der Waals surface area contributed by atoms with Crippen LogP contribution in [0.2, 0.25) is 0 Å². The van der Waals surface area contributed by atoms with E-state index < -0.39 is 0 Å². The Morgan fingerprint density at radius 3 is 2.44 bits per heavy atom. The maximum atomic E-state index is 10.5. The molecule has 0 aromatic carbocycles. The Hall–Kier alpha value is -0.790. The highest BCUT2D eigenvalue weighted by atomic mass is 16.5. The molecular formula is C7H11O2. The highest BCUT2D eigenvalue weighted by Gasteiger charge is 1.93. The second kappa shape index (κ2) is 4.13. The van der Waals surface area contributed by atoms with Crippen LogP contribution in [0.3, 0.4) is 0 Å². The first-order chi connectivity index (χ1) is 4.16. The monoisotopic (exact) mass is 127 g/mol. The average molecular weight is 127 g/mol. The predicted octanol–water partition coefficient (Wildman–Crippen LogP) is 1.32. The SMILES string of the molecule is CCOC(=O)[C]=C(C)C. The molecule has 1 radical (unpaired) electrons. The third-order valence-electron chi connectivity index (χ3n) is 0.627. The highest BCUT2D eigenvalue weighted by molar-refractivity contribution is 5.78. The molecule has 0 aliphatic rings. The molecular weight excluding hydrogens is 116 g/mol. The van der Waals surface area contributed by atoms with Crippen molar-refractivity contribution in [1.82, 2.24) is 0 Å².